The molecule has 0 N–H and O–H groups in total. The third kappa shape index (κ3) is 3.63. The quantitative estimate of drug-likeness (QED) is 0.734. The number of benzene rings is 1. The molecule has 4 heteroatoms. The standard InChI is InChI=1S/C12H12Cl2S2/c13-10-4-2-9(8-11(10)14)3-5-12-15-6-1-7-16-12/h2-5,8,12H,1,6-7H2. The summed E-state index contributed by atoms with van der Waals surface area (Å²) in [5.74, 6) is 2.53. The Bertz CT molecular complexity index is 385. The van der Waals surface area contributed by atoms with Crippen LogP contribution in [0.2, 0.25) is 10.0 Å². The number of rotatable bonds is 2. The van der Waals surface area contributed by atoms with E-state index >= 15 is 0 Å². The van der Waals surface area contributed by atoms with Gasteiger partial charge in [-0.15, -0.1) is 23.5 Å². The zero-order chi connectivity index (χ0) is 11.4. The van der Waals surface area contributed by atoms with Crippen molar-refractivity contribution in [1.29, 1.82) is 0 Å². The van der Waals surface area contributed by atoms with Crippen molar-refractivity contribution in [2.75, 3.05) is 11.5 Å². The van der Waals surface area contributed by atoms with E-state index < -0.39 is 0 Å². The van der Waals surface area contributed by atoms with Crippen LogP contribution in [0.5, 0.6) is 0 Å². The van der Waals surface area contributed by atoms with E-state index in [1.54, 1.807) is 0 Å². The fraction of sp³-hybridized carbons (Fsp3) is 0.333. The lowest BCUT2D eigenvalue weighted by Gasteiger charge is -2.17. The molecule has 0 saturated carbocycles. The maximum Gasteiger partial charge on any atom is 0.0685 e. The van der Waals surface area contributed by atoms with Crippen LogP contribution in [0, 0.1) is 0 Å². The van der Waals surface area contributed by atoms with Crippen LogP contribution in [0.15, 0.2) is 24.3 Å². The van der Waals surface area contributed by atoms with E-state index in [2.05, 4.69) is 12.2 Å². The van der Waals surface area contributed by atoms with E-state index in [9.17, 15) is 0 Å². The van der Waals surface area contributed by atoms with E-state index in [0.717, 1.165) is 5.56 Å². The van der Waals surface area contributed by atoms with Gasteiger partial charge in [-0.05, 0) is 35.6 Å². The fourth-order valence-electron chi connectivity index (χ4n) is 1.42. The molecule has 1 aromatic carbocycles. The van der Waals surface area contributed by atoms with Crippen molar-refractivity contribution in [2.24, 2.45) is 0 Å². The highest BCUT2D eigenvalue weighted by Crippen LogP contribution is 2.32. The van der Waals surface area contributed by atoms with Gasteiger partial charge in [0.25, 0.3) is 0 Å². The average molecular weight is 291 g/mol. The van der Waals surface area contributed by atoms with Gasteiger partial charge >= 0.3 is 0 Å². The molecular weight excluding hydrogens is 279 g/mol. The molecule has 1 aromatic rings. The third-order valence-corrected chi connectivity index (χ3v) is 5.82. The second-order valence-corrected chi connectivity index (χ2v) is 7.11. The summed E-state index contributed by atoms with van der Waals surface area (Å²) in [5, 5.41) is 1.23. The minimum atomic E-state index is 0.586. The first-order valence-corrected chi connectivity index (χ1v) is 7.97. The highest BCUT2D eigenvalue weighted by Gasteiger charge is 2.10. The molecule has 1 fully saturated rings. The molecule has 1 aliphatic heterocycles. The summed E-state index contributed by atoms with van der Waals surface area (Å²) in [7, 11) is 0. The molecular formula is C12H12Cl2S2. The van der Waals surface area contributed by atoms with Crippen LogP contribution in [-0.4, -0.2) is 16.1 Å². The summed E-state index contributed by atoms with van der Waals surface area (Å²) in [6.45, 7) is 0. The van der Waals surface area contributed by atoms with Gasteiger partial charge in [-0.25, -0.2) is 0 Å². The number of hydrogen-bond donors (Lipinski definition) is 0. The first-order valence-electron chi connectivity index (χ1n) is 5.12. The summed E-state index contributed by atoms with van der Waals surface area (Å²) in [6, 6.07) is 5.73. The van der Waals surface area contributed by atoms with Crippen LogP contribution in [0.25, 0.3) is 6.08 Å². The first kappa shape index (κ1) is 12.7. The molecule has 2 rings (SSSR count). The van der Waals surface area contributed by atoms with E-state index in [-0.39, 0.29) is 0 Å². The molecule has 0 atom stereocenters. The van der Waals surface area contributed by atoms with Crippen LogP contribution in [0.4, 0.5) is 0 Å². The van der Waals surface area contributed by atoms with Crippen molar-refractivity contribution < 1.29 is 0 Å². The van der Waals surface area contributed by atoms with Crippen molar-refractivity contribution >= 4 is 52.8 Å². The number of hydrogen-bond acceptors (Lipinski definition) is 2. The molecule has 0 aliphatic carbocycles. The zero-order valence-corrected chi connectivity index (χ0v) is 11.8. The van der Waals surface area contributed by atoms with E-state index in [1.807, 2.05) is 41.7 Å². The molecule has 0 amide bonds. The number of thioether (sulfide) groups is 2. The highest BCUT2D eigenvalue weighted by molar-refractivity contribution is 8.17. The lowest BCUT2D eigenvalue weighted by Crippen LogP contribution is -2.02. The van der Waals surface area contributed by atoms with E-state index in [0.29, 0.717) is 14.6 Å². The minimum Gasteiger partial charge on any atom is -0.143 e. The Balaban J connectivity index is 2.02. The summed E-state index contributed by atoms with van der Waals surface area (Å²) < 4.78 is 0.586. The molecule has 1 saturated heterocycles. The second kappa shape index (κ2) is 6.25. The Hall–Kier alpha value is 0.240. The summed E-state index contributed by atoms with van der Waals surface area (Å²) >= 11 is 15.8. The predicted octanol–water partition coefficient (Wildman–Crippen LogP) is 5.20. The Morgan fingerprint density at radius 1 is 1.12 bits per heavy atom. The Kier molecular flexibility index (Phi) is 4.96. The van der Waals surface area contributed by atoms with Crippen LogP contribution < -0.4 is 0 Å². The van der Waals surface area contributed by atoms with E-state index in [4.69, 9.17) is 23.2 Å². The largest absolute Gasteiger partial charge is 0.143 e. The molecule has 86 valence electrons. The van der Waals surface area contributed by atoms with Crippen LogP contribution >= 0.6 is 46.7 Å². The van der Waals surface area contributed by atoms with Crippen molar-refractivity contribution in [1.82, 2.24) is 0 Å². The molecule has 0 radical (unpaired) electrons. The van der Waals surface area contributed by atoms with Gasteiger partial charge in [0.15, 0.2) is 0 Å². The van der Waals surface area contributed by atoms with Crippen molar-refractivity contribution in [3.63, 3.8) is 0 Å². The Morgan fingerprint density at radius 2 is 1.88 bits per heavy atom. The maximum atomic E-state index is 5.96. The van der Waals surface area contributed by atoms with Gasteiger partial charge in [0.1, 0.15) is 0 Å². The van der Waals surface area contributed by atoms with Gasteiger partial charge < -0.3 is 0 Å². The highest BCUT2D eigenvalue weighted by atomic mass is 35.5. The summed E-state index contributed by atoms with van der Waals surface area (Å²) in [5.41, 5.74) is 1.11. The van der Waals surface area contributed by atoms with Gasteiger partial charge in [0.2, 0.25) is 0 Å². The molecule has 0 nitrogen and oxygen atoms in total. The lowest BCUT2D eigenvalue weighted by atomic mass is 10.2. The first-order chi connectivity index (χ1) is 7.75. The normalized spacial score (nSPS) is 18.1. The van der Waals surface area contributed by atoms with Crippen molar-refractivity contribution in [2.45, 2.75) is 11.0 Å². The number of halogens is 2. The van der Waals surface area contributed by atoms with Gasteiger partial charge in [-0.2, -0.15) is 0 Å². The molecule has 1 heterocycles. The Morgan fingerprint density at radius 3 is 2.56 bits per heavy atom. The van der Waals surface area contributed by atoms with Crippen LogP contribution in [-0.2, 0) is 0 Å². The Labute approximate surface area is 115 Å². The fourth-order valence-corrected chi connectivity index (χ4v) is 4.34. The maximum absolute atomic E-state index is 5.96. The average Bonchev–Trinajstić information content (AvgIpc) is 2.32. The molecule has 0 unspecified atom stereocenters. The molecule has 16 heavy (non-hydrogen) atoms. The monoisotopic (exact) mass is 290 g/mol. The van der Waals surface area contributed by atoms with Gasteiger partial charge in [-0.3, -0.25) is 0 Å². The molecule has 0 bridgehead atoms. The SMILES string of the molecule is Clc1ccc(C=CC2SCCCS2)cc1Cl. The third-order valence-electron chi connectivity index (χ3n) is 2.24. The van der Waals surface area contributed by atoms with Gasteiger partial charge in [-0.1, -0.05) is 41.4 Å². The summed E-state index contributed by atoms with van der Waals surface area (Å²) in [6.07, 6.45) is 5.69. The van der Waals surface area contributed by atoms with E-state index in [1.165, 1.54) is 17.9 Å². The lowest BCUT2D eigenvalue weighted by molar-refractivity contribution is 1.11. The van der Waals surface area contributed by atoms with Gasteiger partial charge in [0.05, 0.1) is 14.6 Å². The topological polar surface area (TPSA) is 0 Å². The minimum absolute atomic E-state index is 0.586. The smallest absolute Gasteiger partial charge is 0.0685 e. The summed E-state index contributed by atoms with van der Waals surface area (Å²) in [4.78, 5) is 0. The zero-order valence-electron chi connectivity index (χ0n) is 8.66. The predicted molar refractivity (Wildman–Crippen MR) is 78.8 cm³/mol. The van der Waals surface area contributed by atoms with Crippen molar-refractivity contribution in [3.05, 3.63) is 39.9 Å². The van der Waals surface area contributed by atoms with Gasteiger partial charge in [0, 0.05) is 0 Å². The molecule has 0 spiro atoms. The molecule has 0 aromatic heterocycles. The van der Waals surface area contributed by atoms with Crippen LogP contribution in [0.1, 0.15) is 12.0 Å². The van der Waals surface area contributed by atoms with Crippen molar-refractivity contribution in [3.8, 4) is 0 Å². The molecule has 1 aliphatic rings. The van der Waals surface area contributed by atoms with Crippen LogP contribution in [0.3, 0.4) is 0 Å². The second-order valence-electron chi connectivity index (χ2n) is 3.50.